The lowest BCUT2D eigenvalue weighted by molar-refractivity contribution is -0.124. The van der Waals surface area contributed by atoms with Gasteiger partial charge in [0.1, 0.15) is 5.82 Å². The Morgan fingerprint density at radius 3 is 2.70 bits per heavy atom. The van der Waals surface area contributed by atoms with E-state index in [2.05, 4.69) is 15.2 Å². The van der Waals surface area contributed by atoms with Gasteiger partial charge in [-0.1, -0.05) is 0 Å². The number of pyridine rings is 1. The van der Waals surface area contributed by atoms with Crippen LogP contribution in [0.25, 0.3) is 11.1 Å². The number of hydrogen-bond donors (Lipinski definition) is 1. The Morgan fingerprint density at radius 2 is 2.04 bits per heavy atom. The Morgan fingerprint density at radius 1 is 1.26 bits per heavy atom. The summed E-state index contributed by atoms with van der Waals surface area (Å²) >= 11 is 0. The van der Waals surface area contributed by atoms with E-state index in [9.17, 15) is 13.6 Å². The minimum Gasteiger partial charge on any atom is -0.480 e. The molecule has 0 aromatic carbocycles. The Bertz CT molecular complexity index is 817. The van der Waals surface area contributed by atoms with E-state index in [4.69, 9.17) is 4.74 Å². The van der Waals surface area contributed by atoms with Crippen molar-refractivity contribution in [2.45, 2.75) is 31.2 Å². The molecule has 1 amide bonds. The van der Waals surface area contributed by atoms with Crippen LogP contribution < -0.4 is 9.64 Å². The maximum atomic E-state index is 13.4. The molecular formula is C18H21F2N5O2. The van der Waals surface area contributed by atoms with Gasteiger partial charge in [-0.05, 0) is 18.6 Å². The van der Waals surface area contributed by atoms with Crippen molar-refractivity contribution in [2.75, 3.05) is 31.6 Å². The molecular weight excluding hydrogens is 356 g/mol. The lowest BCUT2D eigenvalue weighted by atomic mass is 10.0. The van der Waals surface area contributed by atoms with Crippen LogP contribution in [0.4, 0.5) is 14.6 Å². The van der Waals surface area contributed by atoms with Gasteiger partial charge in [0.2, 0.25) is 11.8 Å². The molecule has 2 aliphatic rings. The number of carbonyl (C=O) groups is 1. The number of methoxy groups -OCH3 is 1. The van der Waals surface area contributed by atoms with Gasteiger partial charge in [-0.2, -0.15) is 10.1 Å². The summed E-state index contributed by atoms with van der Waals surface area (Å²) in [4.78, 5) is 20.8. The summed E-state index contributed by atoms with van der Waals surface area (Å²) in [6.07, 6.45) is 3.63. The number of rotatable bonds is 4. The highest BCUT2D eigenvalue weighted by Gasteiger charge is 2.42. The molecule has 0 saturated carbocycles. The number of halogens is 2. The van der Waals surface area contributed by atoms with Crippen LogP contribution in [-0.2, 0) is 4.79 Å². The molecule has 0 aliphatic carbocycles. The Balaban J connectivity index is 1.52. The predicted octanol–water partition coefficient (Wildman–Crippen LogP) is 2.32. The van der Waals surface area contributed by atoms with Crippen LogP contribution in [-0.4, -0.2) is 64.7 Å². The van der Waals surface area contributed by atoms with Crippen molar-refractivity contribution in [2.24, 2.45) is 0 Å². The lowest BCUT2D eigenvalue weighted by Gasteiger charge is -2.34. The summed E-state index contributed by atoms with van der Waals surface area (Å²) in [5, 5.41) is 6.67. The molecule has 7 nitrogen and oxygen atoms in total. The number of aromatic nitrogens is 3. The molecule has 144 valence electrons. The molecule has 0 bridgehead atoms. The molecule has 4 rings (SSSR count). The lowest BCUT2D eigenvalue weighted by Crippen LogP contribution is -2.48. The summed E-state index contributed by atoms with van der Waals surface area (Å²) in [6, 6.07) is 3.26. The van der Waals surface area contributed by atoms with Crippen LogP contribution in [0.15, 0.2) is 24.5 Å². The molecule has 0 spiro atoms. The number of nitrogens with zero attached hydrogens (tertiary/aromatic N) is 4. The van der Waals surface area contributed by atoms with Gasteiger partial charge in [0.05, 0.1) is 19.3 Å². The van der Waals surface area contributed by atoms with Gasteiger partial charge < -0.3 is 4.74 Å². The second-order valence-electron chi connectivity index (χ2n) is 6.90. The van der Waals surface area contributed by atoms with Gasteiger partial charge in [-0.25, -0.2) is 8.78 Å². The zero-order valence-corrected chi connectivity index (χ0v) is 15.0. The summed E-state index contributed by atoms with van der Waals surface area (Å²) in [5.74, 6) is -1.79. The number of alkyl halides is 2. The van der Waals surface area contributed by atoms with Crippen LogP contribution in [0.5, 0.6) is 5.88 Å². The molecule has 1 atom stereocenters. The maximum absolute atomic E-state index is 13.4. The minimum absolute atomic E-state index is 0.0918. The number of carbonyl (C=O) groups excluding carboxylic acids is 1. The quantitative estimate of drug-likeness (QED) is 0.885. The van der Waals surface area contributed by atoms with Crippen molar-refractivity contribution in [3.05, 3.63) is 24.5 Å². The highest BCUT2D eigenvalue weighted by atomic mass is 19.3. The average Bonchev–Trinajstić information content (AvgIpc) is 3.31. The summed E-state index contributed by atoms with van der Waals surface area (Å²) in [7, 11) is 1.53. The second-order valence-corrected chi connectivity index (χ2v) is 6.90. The normalized spacial score (nSPS) is 23.0. The molecule has 2 aliphatic heterocycles. The molecule has 1 unspecified atom stereocenters. The smallest absolute Gasteiger partial charge is 0.250 e. The third-order valence-corrected chi connectivity index (χ3v) is 5.27. The van der Waals surface area contributed by atoms with Crippen LogP contribution >= 0.6 is 0 Å². The van der Waals surface area contributed by atoms with Gasteiger partial charge in [0.25, 0.3) is 5.92 Å². The summed E-state index contributed by atoms with van der Waals surface area (Å²) < 4.78 is 32.2. The van der Waals surface area contributed by atoms with E-state index in [1.807, 2.05) is 11.0 Å². The van der Waals surface area contributed by atoms with E-state index < -0.39 is 5.92 Å². The number of nitrogens with one attached hydrogen (secondary N) is 1. The first kappa shape index (κ1) is 17.8. The van der Waals surface area contributed by atoms with E-state index in [0.29, 0.717) is 24.7 Å². The van der Waals surface area contributed by atoms with Crippen LogP contribution in [0.2, 0.25) is 0 Å². The summed E-state index contributed by atoms with van der Waals surface area (Å²) in [5.41, 5.74) is 1.61. The zero-order valence-electron chi connectivity index (χ0n) is 15.0. The van der Waals surface area contributed by atoms with Gasteiger partial charge in [0, 0.05) is 49.8 Å². The standard InChI is InChI=1S/C18H21F2N5O2/c1-27-16-13(12-10-21-22-11-12)2-3-15(23-16)25-7-4-14(17(25)26)24-8-5-18(19,20)6-9-24/h2-3,10-11,14H,4-9H2,1H3,(H,21,22). The van der Waals surface area contributed by atoms with Crippen molar-refractivity contribution in [1.29, 1.82) is 0 Å². The molecule has 1 N–H and O–H groups in total. The van der Waals surface area contributed by atoms with Crippen molar-refractivity contribution >= 4 is 11.7 Å². The molecule has 2 aromatic rings. The molecule has 27 heavy (non-hydrogen) atoms. The Kier molecular flexibility index (Phi) is 4.55. The number of aromatic amines is 1. The van der Waals surface area contributed by atoms with E-state index in [0.717, 1.165) is 11.1 Å². The number of hydrogen-bond acceptors (Lipinski definition) is 5. The zero-order chi connectivity index (χ0) is 19.0. The first-order valence-corrected chi connectivity index (χ1v) is 8.96. The SMILES string of the molecule is COc1nc(N2CCC(N3CCC(F)(F)CC3)C2=O)ccc1-c1cn[nH]c1. The summed E-state index contributed by atoms with van der Waals surface area (Å²) in [6.45, 7) is 0.998. The fraction of sp³-hybridized carbons (Fsp3) is 0.500. The van der Waals surface area contributed by atoms with Gasteiger partial charge in [0.15, 0.2) is 0 Å². The van der Waals surface area contributed by atoms with E-state index in [1.165, 1.54) is 7.11 Å². The predicted molar refractivity (Wildman–Crippen MR) is 94.9 cm³/mol. The van der Waals surface area contributed by atoms with Crippen molar-refractivity contribution in [1.82, 2.24) is 20.1 Å². The topological polar surface area (TPSA) is 74.3 Å². The van der Waals surface area contributed by atoms with Crippen molar-refractivity contribution in [3.63, 3.8) is 0 Å². The van der Waals surface area contributed by atoms with Crippen LogP contribution in [0.1, 0.15) is 19.3 Å². The van der Waals surface area contributed by atoms with E-state index >= 15 is 0 Å². The molecule has 2 saturated heterocycles. The molecule has 4 heterocycles. The fourth-order valence-corrected chi connectivity index (χ4v) is 3.75. The number of amides is 1. The molecule has 2 fully saturated rings. The number of H-pyrrole nitrogens is 1. The minimum atomic E-state index is -2.62. The van der Waals surface area contributed by atoms with Crippen molar-refractivity contribution < 1.29 is 18.3 Å². The molecule has 2 aromatic heterocycles. The highest BCUT2D eigenvalue weighted by molar-refractivity contribution is 5.99. The number of likely N-dealkylation sites (tertiary alicyclic amines) is 1. The van der Waals surface area contributed by atoms with E-state index in [1.54, 1.807) is 23.4 Å². The molecule has 0 radical (unpaired) electrons. The highest BCUT2D eigenvalue weighted by Crippen LogP contribution is 2.34. The third kappa shape index (κ3) is 3.39. The Hall–Kier alpha value is -2.55. The van der Waals surface area contributed by atoms with E-state index in [-0.39, 0.29) is 37.9 Å². The number of piperidine rings is 1. The van der Waals surface area contributed by atoms with Gasteiger partial charge in [-0.3, -0.25) is 19.7 Å². The fourth-order valence-electron chi connectivity index (χ4n) is 3.75. The van der Waals surface area contributed by atoms with Crippen LogP contribution in [0, 0.1) is 0 Å². The average molecular weight is 377 g/mol. The maximum Gasteiger partial charge on any atom is 0.250 e. The number of ether oxygens (including phenoxy) is 1. The van der Waals surface area contributed by atoms with Gasteiger partial charge >= 0.3 is 0 Å². The largest absolute Gasteiger partial charge is 0.480 e. The van der Waals surface area contributed by atoms with Gasteiger partial charge in [-0.15, -0.1) is 0 Å². The number of anilines is 1. The first-order chi connectivity index (χ1) is 13.0. The molecule has 9 heteroatoms. The third-order valence-electron chi connectivity index (χ3n) is 5.27. The Labute approximate surface area is 155 Å². The first-order valence-electron chi connectivity index (χ1n) is 8.96. The monoisotopic (exact) mass is 377 g/mol. The second kappa shape index (κ2) is 6.88. The van der Waals surface area contributed by atoms with Crippen LogP contribution in [0.3, 0.4) is 0 Å². The van der Waals surface area contributed by atoms with Crippen molar-refractivity contribution in [3.8, 4) is 17.0 Å².